The topological polar surface area (TPSA) is 71.9 Å². The normalized spacial score (nSPS) is 26.0. The van der Waals surface area contributed by atoms with Gasteiger partial charge in [0, 0.05) is 12.6 Å². The van der Waals surface area contributed by atoms with Crippen LogP contribution in [-0.2, 0) is 9.53 Å². The fourth-order valence-electron chi connectivity index (χ4n) is 3.01. The Morgan fingerprint density at radius 3 is 2.32 bits per heavy atom. The van der Waals surface area contributed by atoms with Gasteiger partial charge in [-0.2, -0.15) is 0 Å². The molecule has 6 heteroatoms. The molecule has 0 aliphatic carbocycles. The molecular weight excluding hydrogens is 282 g/mol. The highest BCUT2D eigenvalue weighted by Crippen LogP contribution is 2.12. The Balaban J connectivity index is 2.25. The third kappa shape index (κ3) is 4.05. The van der Waals surface area contributed by atoms with E-state index in [0.29, 0.717) is 0 Å². The Labute approximate surface area is 130 Å². The summed E-state index contributed by atoms with van der Waals surface area (Å²) in [4.78, 5) is 25.2. The van der Waals surface area contributed by atoms with Gasteiger partial charge in [0.25, 0.3) is 5.91 Å². The van der Waals surface area contributed by atoms with Gasteiger partial charge in [0.05, 0.1) is 0 Å². The van der Waals surface area contributed by atoms with E-state index in [-0.39, 0.29) is 18.1 Å². The summed E-state index contributed by atoms with van der Waals surface area (Å²) in [6.07, 6.45) is 0.163. The predicted octanol–water partition coefficient (Wildman–Crippen LogP) is -0.125. The number of urea groups is 1. The van der Waals surface area contributed by atoms with Crippen molar-refractivity contribution in [3.63, 3.8) is 0 Å². The van der Waals surface area contributed by atoms with Crippen molar-refractivity contribution >= 4 is 11.9 Å². The lowest BCUT2D eigenvalue weighted by Gasteiger charge is -2.36. The van der Waals surface area contributed by atoms with Crippen LogP contribution < -0.4 is 15.5 Å². The van der Waals surface area contributed by atoms with Crippen LogP contribution in [0, 0.1) is 0 Å². The van der Waals surface area contributed by atoms with Gasteiger partial charge < -0.3 is 15.0 Å². The van der Waals surface area contributed by atoms with Crippen LogP contribution in [0.3, 0.4) is 0 Å². The number of imide groups is 1. The van der Waals surface area contributed by atoms with E-state index < -0.39 is 12.1 Å². The summed E-state index contributed by atoms with van der Waals surface area (Å²) in [6.45, 7) is 5.47. The monoisotopic (exact) mass is 306 g/mol. The highest BCUT2D eigenvalue weighted by Gasteiger charge is 2.37. The summed E-state index contributed by atoms with van der Waals surface area (Å²) < 4.78 is 5.75. The van der Waals surface area contributed by atoms with Gasteiger partial charge >= 0.3 is 6.03 Å². The smallest absolute Gasteiger partial charge is 0.321 e. The molecule has 22 heavy (non-hydrogen) atoms. The number of amides is 3. The second-order valence-corrected chi connectivity index (χ2v) is 5.74. The largest absolute Gasteiger partial charge is 0.364 e. The van der Waals surface area contributed by atoms with E-state index in [1.807, 2.05) is 44.2 Å². The average molecular weight is 306 g/mol. The fourth-order valence-corrected chi connectivity index (χ4v) is 3.01. The maximum atomic E-state index is 12.6. The van der Waals surface area contributed by atoms with Gasteiger partial charge in [-0.25, -0.2) is 4.79 Å². The van der Waals surface area contributed by atoms with Crippen LogP contribution in [0.4, 0.5) is 4.79 Å². The Morgan fingerprint density at radius 2 is 1.77 bits per heavy atom. The molecule has 1 aliphatic rings. The van der Waals surface area contributed by atoms with E-state index in [0.717, 1.165) is 23.6 Å². The molecule has 1 aliphatic heterocycles. The minimum absolute atomic E-state index is 0.0813. The highest BCUT2D eigenvalue weighted by molar-refractivity contribution is 5.96. The number of carbonyl (C=O) groups excluding carboxylic acids is 2. The lowest BCUT2D eigenvalue weighted by Crippen LogP contribution is -3.16. The Hall–Kier alpha value is -1.92. The van der Waals surface area contributed by atoms with Gasteiger partial charge in [0.2, 0.25) is 0 Å². The maximum absolute atomic E-state index is 12.6. The first kappa shape index (κ1) is 16.5. The van der Waals surface area contributed by atoms with Gasteiger partial charge in [0.1, 0.15) is 25.3 Å². The van der Waals surface area contributed by atoms with Crippen molar-refractivity contribution in [3.05, 3.63) is 35.9 Å². The second-order valence-electron chi connectivity index (χ2n) is 5.74. The molecule has 1 saturated heterocycles. The lowest BCUT2D eigenvalue weighted by atomic mass is 10.0. The number of rotatable bonds is 3. The zero-order valence-electron chi connectivity index (χ0n) is 13.3. The second kappa shape index (κ2) is 7.38. The summed E-state index contributed by atoms with van der Waals surface area (Å²) in [5.74, 6) is -0.290. The Bertz CT molecular complexity index is 511. The zero-order valence-corrected chi connectivity index (χ0v) is 13.3. The minimum atomic E-state index is -0.486. The molecule has 120 valence electrons. The molecule has 1 aromatic rings. The molecule has 2 rings (SSSR count). The summed E-state index contributed by atoms with van der Waals surface area (Å²) in [5.41, 5.74) is 0.903. The average Bonchev–Trinajstić information content (AvgIpc) is 2.47. The molecule has 0 bridgehead atoms. The molecular formula is C16H24N3O3+. The number of hydrogen-bond donors (Lipinski definition) is 3. The van der Waals surface area contributed by atoms with Gasteiger partial charge in [-0.15, -0.1) is 0 Å². The third-order valence-electron chi connectivity index (χ3n) is 3.83. The van der Waals surface area contributed by atoms with Crippen LogP contribution in [0.1, 0.15) is 25.5 Å². The van der Waals surface area contributed by atoms with Crippen LogP contribution in [0.25, 0.3) is 0 Å². The van der Waals surface area contributed by atoms with Crippen molar-refractivity contribution in [2.45, 2.75) is 32.1 Å². The fraction of sp³-hybridized carbons (Fsp3) is 0.500. The van der Waals surface area contributed by atoms with E-state index in [9.17, 15) is 9.59 Å². The van der Waals surface area contributed by atoms with E-state index >= 15 is 0 Å². The van der Waals surface area contributed by atoms with Crippen LogP contribution in [-0.4, -0.2) is 44.3 Å². The molecule has 3 amide bonds. The van der Waals surface area contributed by atoms with E-state index in [4.69, 9.17) is 4.74 Å². The van der Waals surface area contributed by atoms with E-state index in [1.54, 1.807) is 0 Å². The van der Waals surface area contributed by atoms with Crippen molar-refractivity contribution in [3.8, 4) is 0 Å². The standard InChI is InChI=1S/C16H23N3O3/c1-11-9-19(10-12(2)22-11)14(13-7-5-4-6-8-13)15(20)18-16(21)17-3/h4-8,11-12,14H,9-10H2,1-3H3,(H2,17,18,20,21)/p+1/t11-,12-,14-/m0/s1. The first-order valence-corrected chi connectivity index (χ1v) is 7.58. The number of benzene rings is 1. The van der Waals surface area contributed by atoms with Crippen molar-refractivity contribution in [1.82, 2.24) is 10.6 Å². The molecule has 3 N–H and O–H groups in total. The SMILES string of the molecule is CNC(=O)NC(=O)[C@H](c1ccccc1)[NH+]1C[C@H](C)O[C@@H](C)C1. The molecule has 6 nitrogen and oxygen atoms in total. The van der Waals surface area contributed by atoms with Gasteiger partial charge in [-0.3, -0.25) is 10.1 Å². The summed E-state index contributed by atoms with van der Waals surface area (Å²) >= 11 is 0. The molecule has 3 atom stereocenters. The van der Waals surface area contributed by atoms with Crippen molar-refractivity contribution in [2.75, 3.05) is 20.1 Å². The highest BCUT2D eigenvalue weighted by atomic mass is 16.5. The number of morpholine rings is 1. The molecule has 0 saturated carbocycles. The first-order chi connectivity index (χ1) is 10.5. The Morgan fingerprint density at radius 1 is 1.18 bits per heavy atom. The van der Waals surface area contributed by atoms with Crippen molar-refractivity contribution in [2.24, 2.45) is 0 Å². The first-order valence-electron chi connectivity index (χ1n) is 7.58. The predicted molar refractivity (Wildman–Crippen MR) is 82.5 cm³/mol. The van der Waals surface area contributed by atoms with Crippen molar-refractivity contribution in [1.29, 1.82) is 0 Å². The molecule has 1 heterocycles. The van der Waals surface area contributed by atoms with E-state index in [2.05, 4.69) is 10.6 Å². The number of ether oxygens (including phenoxy) is 1. The molecule has 0 unspecified atom stereocenters. The van der Waals surface area contributed by atoms with Crippen LogP contribution in [0.15, 0.2) is 30.3 Å². The Kier molecular flexibility index (Phi) is 5.51. The number of quaternary nitrogens is 1. The summed E-state index contributed by atoms with van der Waals surface area (Å²) in [7, 11) is 1.49. The van der Waals surface area contributed by atoms with E-state index in [1.165, 1.54) is 7.05 Å². The van der Waals surface area contributed by atoms with Crippen LogP contribution in [0.2, 0.25) is 0 Å². The van der Waals surface area contributed by atoms with Crippen molar-refractivity contribution < 1.29 is 19.2 Å². The third-order valence-corrected chi connectivity index (χ3v) is 3.83. The minimum Gasteiger partial charge on any atom is -0.364 e. The summed E-state index contributed by atoms with van der Waals surface area (Å²) in [5, 5.41) is 4.82. The summed E-state index contributed by atoms with van der Waals surface area (Å²) in [6, 6.07) is 8.66. The van der Waals surface area contributed by atoms with Crippen LogP contribution >= 0.6 is 0 Å². The number of carbonyl (C=O) groups is 2. The number of hydrogen-bond acceptors (Lipinski definition) is 3. The maximum Gasteiger partial charge on any atom is 0.321 e. The quantitative estimate of drug-likeness (QED) is 0.729. The van der Waals surface area contributed by atoms with Gasteiger partial charge in [-0.05, 0) is 13.8 Å². The molecule has 1 aromatic carbocycles. The van der Waals surface area contributed by atoms with Gasteiger partial charge in [-0.1, -0.05) is 30.3 Å². The van der Waals surface area contributed by atoms with Gasteiger partial charge in [0.15, 0.2) is 6.04 Å². The molecule has 1 fully saturated rings. The lowest BCUT2D eigenvalue weighted by molar-refractivity contribution is -0.936. The number of nitrogens with one attached hydrogen (secondary N) is 3. The molecule has 0 radical (unpaired) electrons. The molecule has 0 aromatic heterocycles. The van der Waals surface area contributed by atoms with Crippen LogP contribution in [0.5, 0.6) is 0 Å². The zero-order chi connectivity index (χ0) is 16.1. The molecule has 0 spiro atoms.